The van der Waals surface area contributed by atoms with Gasteiger partial charge in [0.25, 0.3) is 0 Å². The molecule has 1 aliphatic carbocycles. The maximum atomic E-state index is 2.41. The van der Waals surface area contributed by atoms with Crippen LogP contribution in [0.25, 0.3) is 6.08 Å². The molecule has 0 radical (unpaired) electrons. The summed E-state index contributed by atoms with van der Waals surface area (Å²) in [6.07, 6.45) is 5.94. The summed E-state index contributed by atoms with van der Waals surface area (Å²) in [5.74, 6) is 0.639. The molecule has 19 heavy (non-hydrogen) atoms. The minimum atomic E-state index is 0.639. The van der Waals surface area contributed by atoms with Crippen molar-refractivity contribution in [1.82, 2.24) is 0 Å². The number of benzene rings is 2. The zero-order valence-corrected chi connectivity index (χ0v) is 11.5. The summed E-state index contributed by atoms with van der Waals surface area (Å²) in [5.41, 5.74) is 5.99. The van der Waals surface area contributed by atoms with E-state index in [2.05, 4.69) is 67.6 Å². The molecule has 0 heterocycles. The van der Waals surface area contributed by atoms with Gasteiger partial charge < -0.3 is 0 Å². The Kier molecular flexibility index (Phi) is 3.50. The van der Waals surface area contributed by atoms with E-state index in [0.717, 1.165) is 6.42 Å². The van der Waals surface area contributed by atoms with Gasteiger partial charge in [0.1, 0.15) is 0 Å². The first-order valence-electron chi connectivity index (χ1n) is 7.22. The average molecular weight is 248 g/mol. The highest BCUT2D eigenvalue weighted by Crippen LogP contribution is 2.40. The van der Waals surface area contributed by atoms with E-state index >= 15 is 0 Å². The molecule has 0 saturated carbocycles. The quantitative estimate of drug-likeness (QED) is 0.696. The van der Waals surface area contributed by atoms with Gasteiger partial charge in [-0.25, -0.2) is 0 Å². The third kappa shape index (κ3) is 2.49. The zero-order chi connectivity index (χ0) is 13.1. The first-order valence-corrected chi connectivity index (χ1v) is 7.22. The van der Waals surface area contributed by atoms with Crippen molar-refractivity contribution in [1.29, 1.82) is 0 Å². The van der Waals surface area contributed by atoms with E-state index in [1.807, 2.05) is 0 Å². The fraction of sp³-hybridized carbons (Fsp3) is 0.263. The van der Waals surface area contributed by atoms with Gasteiger partial charge in [0.2, 0.25) is 0 Å². The van der Waals surface area contributed by atoms with Gasteiger partial charge in [0.05, 0.1) is 0 Å². The van der Waals surface area contributed by atoms with Crippen LogP contribution in [-0.2, 0) is 6.42 Å². The third-order valence-electron chi connectivity index (χ3n) is 4.11. The molecule has 96 valence electrons. The van der Waals surface area contributed by atoms with Gasteiger partial charge >= 0.3 is 0 Å². The maximum absolute atomic E-state index is 2.41. The highest BCUT2D eigenvalue weighted by Gasteiger charge is 2.22. The van der Waals surface area contributed by atoms with Crippen LogP contribution in [0.1, 0.15) is 42.4 Å². The molecular weight excluding hydrogens is 228 g/mol. The average Bonchev–Trinajstić information content (AvgIpc) is 2.83. The molecule has 0 nitrogen and oxygen atoms in total. The van der Waals surface area contributed by atoms with Crippen molar-refractivity contribution in [2.75, 3.05) is 0 Å². The summed E-state index contributed by atoms with van der Waals surface area (Å²) in [4.78, 5) is 0. The van der Waals surface area contributed by atoms with E-state index in [1.165, 1.54) is 29.5 Å². The lowest BCUT2D eigenvalue weighted by Gasteiger charge is -2.14. The number of hydrogen-bond acceptors (Lipinski definition) is 0. The first-order chi connectivity index (χ1) is 9.38. The fourth-order valence-electron chi connectivity index (χ4n) is 3.12. The van der Waals surface area contributed by atoms with Crippen molar-refractivity contribution >= 4 is 6.08 Å². The lowest BCUT2D eigenvalue weighted by atomic mass is 9.90. The molecule has 2 aromatic carbocycles. The number of allylic oxidation sites excluding steroid dienone is 1. The van der Waals surface area contributed by atoms with E-state index in [-0.39, 0.29) is 0 Å². The number of rotatable bonds is 4. The van der Waals surface area contributed by atoms with Gasteiger partial charge in [0, 0.05) is 5.92 Å². The van der Waals surface area contributed by atoms with Crippen LogP contribution in [0.4, 0.5) is 0 Å². The van der Waals surface area contributed by atoms with E-state index in [9.17, 15) is 0 Å². The minimum Gasteiger partial charge on any atom is -0.0645 e. The highest BCUT2D eigenvalue weighted by atomic mass is 14.3. The molecule has 0 amide bonds. The summed E-state index contributed by atoms with van der Waals surface area (Å²) in [5, 5.41) is 0. The summed E-state index contributed by atoms with van der Waals surface area (Å²) in [6, 6.07) is 19.6. The fourth-order valence-corrected chi connectivity index (χ4v) is 3.12. The molecule has 0 saturated heterocycles. The Morgan fingerprint density at radius 1 is 0.842 bits per heavy atom. The molecule has 0 spiro atoms. The summed E-state index contributed by atoms with van der Waals surface area (Å²) < 4.78 is 0. The van der Waals surface area contributed by atoms with Crippen LogP contribution in [0.15, 0.2) is 60.2 Å². The molecule has 0 aromatic heterocycles. The molecular formula is C19H20. The SMILES string of the molecule is CCC1C(CCc2ccccc2)=Cc2ccccc21. The number of fused-ring (bicyclic) bond motifs is 1. The van der Waals surface area contributed by atoms with E-state index in [1.54, 1.807) is 5.57 Å². The van der Waals surface area contributed by atoms with Gasteiger partial charge in [-0.1, -0.05) is 73.2 Å². The lowest BCUT2D eigenvalue weighted by Crippen LogP contribution is -1.98. The summed E-state index contributed by atoms with van der Waals surface area (Å²) >= 11 is 0. The summed E-state index contributed by atoms with van der Waals surface area (Å²) in [6.45, 7) is 2.29. The topological polar surface area (TPSA) is 0 Å². The monoisotopic (exact) mass is 248 g/mol. The Morgan fingerprint density at radius 2 is 1.58 bits per heavy atom. The van der Waals surface area contributed by atoms with Crippen molar-refractivity contribution in [3.8, 4) is 0 Å². The van der Waals surface area contributed by atoms with Crippen molar-refractivity contribution in [3.63, 3.8) is 0 Å². The standard InChI is InChI=1S/C19H20/c1-2-18-17(13-12-15-8-4-3-5-9-15)14-16-10-6-7-11-19(16)18/h3-11,14,18H,2,12-13H2,1H3. The number of hydrogen-bond donors (Lipinski definition) is 0. The molecule has 0 bridgehead atoms. The third-order valence-corrected chi connectivity index (χ3v) is 4.11. The normalized spacial score (nSPS) is 17.1. The van der Waals surface area contributed by atoms with Crippen LogP contribution in [0.2, 0.25) is 0 Å². The predicted octanol–water partition coefficient (Wildman–Crippen LogP) is 5.21. The van der Waals surface area contributed by atoms with Crippen molar-refractivity contribution in [3.05, 3.63) is 76.9 Å². The largest absolute Gasteiger partial charge is 0.0645 e. The highest BCUT2D eigenvalue weighted by molar-refractivity contribution is 5.66. The van der Waals surface area contributed by atoms with Crippen molar-refractivity contribution in [2.24, 2.45) is 0 Å². The second kappa shape index (κ2) is 5.44. The van der Waals surface area contributed by atoms with Crippen LogP contribution < -0.4 is 0 Å². The first kappa shape index (κ1) is 12.2. The molecule has 3 rings (SSSR count). The number of aryl methyl sites for hydroxylation is 1. The molecule has 0 heteroatoms. The van der Waals surface area contributed by atoms with Crippen LogP contribution in [0.3, 0.4) is 0 Å². The van der Waals surface area contributed by atoms with Crippen LogP contribution >= 0.6 is 0 Å². The smallest absolute Gasteiger partial charge is 0.00549 e. The van der Waals surface area contributed by atoms with Crippen molar-refractivity contribution < 1.29 is 0 Å². The second-order valence-corrected chi connectivity index (χ2v) is 5.29. The molecule has 2 aromatic rings. The van der Waals surface area contributed by atoms with Crippen LogP contribution in [0, 0.1) is 0 Å². The van der Waals surface area contributed by atoms with Crippen LogP contribution in [0.5, 0.6) is 0 Å². The second-order valence-electron chi connectivity index (χ2n) is 5.29. The molecule has 1 aliphatic rings. The molecule has 0 aliphatic heterocycles. The summed E-state index contributed by atoms with van der Waals surface area (Å²) in [7, 11) is 0. The van der Waals surface area contributed by atoms with Gasteiger partial charge in [-0.2, -0.15) is 0 Å². The Morgan fingerprint density at radius 3 is 2.37 bits per heavy atom. The Bertz CT molecular complexity index is 578. The van der Waals surface area contributed by atoms with Crippen LogP contribution in [-0.4, -0.2) is 0 Å². The van der Waals surface area contributed by atoms with Gasteiger partial charge in [-0.05, 0) is 36.0 Å². The van der Waals surface area contributed by atoms with E-state index < -0.39 is 0 Å². The Labute approximate surface area is 115 Å². The van der Waals surface area contributed by atoms with E-state index in [4.69, 9.17) is 0 Å². The Hall–Kier alpha value is -1.82. The van der Waals surface area contributed by atoms with Gasteiger partial charge in [-0.3, -0.25) is 0 Å². The minimum absolute atomic E-state index is 0.639. The Balaban J connectivity index is 1.76. The van der Waals surface area contributed by atoms with Crippen molar-refractivity contribution in [2.45, 2.75) is 32.1 Å². The zero-order valence-electron chi connectivity index (χ0n) is 11.5. The maximum Gasteiger partial charge on any atom is 0.00549 e. The molecule has 1 atom stereocenters. The van der Waals surface area contributed by atoms with Gasteiger partial charge in [0.15, 0.2) is 0 Å². The van der Waals surface area contributed by atoms with E-state index in [0.29, 0.717) is 5.92 Å². The molecule has 0 fully saturated rings. The molecule has 0 N–H and O–H groups in total. The lowest BCUT2D eigenvalue weighted by molar-refractivity contribution is 0.729. The predicted molar refractivity (Wildman–Crippen MR) is 82.2 cm³/mol. The molecule has 1 unspecified atom stereocenters. The van der Waals surface area contributed by atoms with Gasteiger partial charge in [-0.15, -0.1) is 0 Å².